The van der Waals surface area contributed by atoms with Crippen LogP contribution in [0.15, 0.2) is 6.07 Å². The van der Waals surface area contributed by atoms with Gasteiger partial charge in [-0.2, -0.15) is 0 Å². The second-order valence-corrected chi connectivity index (χ2v) is 7.67. The van der Waals surface area contributed by atoms with E-state index in [4.69, 9.17) is 0 Å². The Bertz CT molecular complexity index is 633. The molecule has 2 rings (SSSR count). The van der Waals surface area contributed by atoms with Gasteiger partial charge in [-0.05, 0) is 39.7 Å². The smallest absolute Gasteiger partial charge is 0.348 e. The maximum absolute atomic E-state index is 11.4. The highest BCUT2D eigenvalue weighted by Crippen LogP contribution is 2.30. The van der Waals surface area contributed by atoms with Crippen molar-refractivity contribution < 1.29 is 14.7 Å². The third-order valence-electron chi connectivity index (χ3n) is 3.39. The van der Waals surface area contributed by atoms with Crippen molar-refractivity contribution in [3.63, 3.8) is 0 Å². The third kappa shape index (κ3) is 4.60. The maximum atomic E-state index is 11.4. The van der Waals surface area contributed by atoms with Crippen LogP contribution in [0.4, 0.5) is 5.69 Å². The summed E-state index contributed by atoms with van der Waals surface area (Å²) in [6.45, 7) is 6.05. The molecule has 1 heterocycles. The van der Waals surface area contributed by atoms with Gasteiger partial charge in [0.15, 0.2) is 0 Å². The standard InChI is InChI=1S/C17H21NO3S/c1-17(2,3)9-8-13-10-14(15(22-13)16(20)21)18-11-4-6-12(19)7-5-11/h10-11,18H,4-7H2,1-3H3,(H,20,21). The molecule has 0 atom stereocenters. The van der Waals surface area contributed by atoms with Gasteiger partial charge in [0.05, 0.1) is 10.6 Å². The summed E-state index contributed by atoms with van der Waals surface area (Å²) < 4.78 is 0. The number of anilines is 1. The van der Waals surface area contributed by atoms with Gasteiger partial charge in [0.25, 0.3) is 0 Å². The number of hydrogen-bond donors (Lipinski definition) is 2. The van der Waals surface area contributed by atoms with Gasteiger partial charge in [0, 0.05) is 24.3 Å². The molecule has 1 fully saturated rings. The monoisotopic (exact) mass is 319 g/mol. The molecule has 0 radical (unpaired) electrons. The van der Waals surface area contributed by atoms with Gasteiger partial charge < -0.3 is 10.4 Å². The Morgan fingerprint density at radius 2 is 2.00 bits per heavy atom. The SMILES string of the molecule is CC(C)(C)C#Cc1cc(NC2CCC(=O)CC2)c(C(=O)O)s1. The average Bonchev–Trinajstić information content (AvgIpc) is 2.82. The fourth-order valence-electron chi connectivity index (χ4n) is 2.27. The highest BCUT2D eigenvalue weighted by atomic mass is 32.1. The molecule has 0 aliphatic heterocycles. The van der Waals surface area contributed by atoms with Gasteiger partial charge in [-0.15, -0.1) is 11.3 Å². The van der Waals surface area contributed by atoms with Crippen LogP contribution in [0, 0.1) is 17.3 Å². The molecular formula is C17H21NO3S. The normalized spacial score (nSPS) is 16.0. The van der Waals surface area contributed by atoms with E-state index >= 15 is 0 Å². The molecule has 0 unspecified atom stereocenters. The number of aromatic carboxylic acids is 1. The molecule has 5 heteroatoms. The van der Waals surface area contributed by atoms with Crippen LogP contribution < -0.4 is 5.32 Å². The Labute approximate surface area is 134 Å². The predicted molar refractivity (Wildman–Crippen MR) is 88.5 cm³/mol. The second-order valence-electron chi connectivity index (χ2n) is 6.62. The van der Waals surface area contributed by atoms with E-state index in [2.05, 4.69) is 17.2 Å². The summed E-state index contributed by atoms with van der Waals surface area (Å²) in [6.07, 6.45) is 2.66. The van der Waals surface area contributed by atoms with Crippen molar-refractivity contribution in [1.29, 1.82) is 0 Å². The lowest BCUT2D eigenvalue weighted by Gasteiger charge is -2.22. The van der Waals surface area contributed by atoms with E-state index in [9.17, 15) is 14.7 Å². The number of carboxylic acids is 1. The Hall–Kier alpha value is -1.80. The van der Waals surface area contributed by atoms with Crippen LogP contribution in [0.5, 0.6) is 0 Å². The molecule has 1 aliphatic carbocycles. The fourth-order valence-corrected chi connectivity index (χ4v) is 3.09. The summed E-state index contributed by atoms with van der Waals surface area (Å²) in [6, 6.07) is 1.97. The van der Waals surface area contributed by atoms with E-state index in [1.54, 1.807) is 0 Å². The lowest BCUT2D eigenvalue weighted by Crippen LogP contribution is -2.26. The van der Waals surface area contributed by atoms with Crippen molar-refractivity contribution in [3.8, 4) is 11.8 Å². The number of carbonyl (C=O) groups is 2. The molecule has 1 aromatic heterocycles. The fraction of sp³-hybridized carbons (Fsp3) is 0.529. The van der Waals surface area contributed by atoms with Crippen LogP contribution in [0.2, 0.25) is 0 Å². The minimum Gasteiger partial charge on any atom is -0.477 e. The van der Waals surface area contributed by atoms with Crippen LogP contribution in [-0.2, 0) is 4.79 Å². The first-order valence-electron chi connectivity index (χ1n) is 7.43. The molecule has 0 amide bonds. The van der Waals surface area contributed by atoms with Gasteiger partial charge in [0.2, 0.25) is 0 Å². The Morgan fingerprint density at radius 3 is 2.55 bits per heavy atom. The van der Waals surface area contributed by atoms with Crippen LogP contribution in [-0.4, -0.2) is 22.9 Å². The molecule has 0 saturated heterocycles. The molecular weight excluding hydrogens is 298 g/mol. The minimum absolute atomic E-state index is 0.120. The summed E-state index contributed by atoms with van der Waals surface area (Å²) in [5.41, 5.74) is 0.500. The minimum atomic E-state index is -0.941. The maximum Gasteiger partial charge on any atom is 0.348 e. The summed E-state index contributed by atoms with van der Waals surface area (Å²) in [7, 11) is 0. The average molecular weight is 319 g/mol. The van der Waals surface area contributed by atoms with Crippen LogP contribution >= 0.6 is 11.3 Å². The van der Waals surface area contributed by atoms with Crippen molar-refractivity contribution in [2.45, 2.75) is 52.5 Å². The number of Topliss-reactive ketones (excluding diaryl/α,β-unsaturated/α-hetero) is 1. The number of carbonyl (C=O) groups excluding carboxylic acids is 1. The van der Waals surface area contributed by atoms with Gasteiger partial charge in [-0.3, -0.25) is 4.79 Å². The Morgan fingerprint density at radius 1 is 1.36 bits per heavy atom. The molecule has 118 valence electrons. The first-order valence-corrected chi connectivity index (χ1v) is 8.25. The van der Waals surface area contributed by atoms with E-state index in [-0.39, 0.29) is 16.3 Å². The number of thiophene rings is 1. The van der Waals surface area contributed by atoms with Crippen molar-refractivity contribution in [3.05, 3.63) is 15.8 Å². The number of rotatable bonds is 3. The van der Waals surface area contributed by atoms with Crippen LogP contribution in [0.25, 0.3) is 0 Å². The molecule has 1 aliphatic rings. The second kappa shape index (κ2) is 6.53. The summed E-state index contributed by atoms with van der Waals surface area (Å²) >= 11 is 1.19. The first-order chi connectivity index (χ1) is 10.2. The van der Waals surface area contributed by atoms with E-state index < -0.39 is 5.97 Å². The molecule has 0 spiro atoms. The van der Waals surface area contributed by atoms with Crippen molar-refractivity contribution in [2.75, 3.05) is 5.32 Å². The van der Waals surface area contributed by atoms with Gasteiger partial charge in [-0.25, -0.2) is 4.79 Å². The molecule has 4 nitrogen and oxygen atoms in total. The van der Waals surface area contributed by atoms with Gasteiger partial charge >= 0.3 is 5.97 Å². The summed E-state index contributed by atoms with van der Waals surface area (Å²) in [5, 5.41) is 12.6. The van der Waals surface area contributed by atoms with Crippen molar-refractivity contribution in [2.24, 2.45) is 5.41 Å². The number of ketones is 1. The van der Waals surface area contributed by atoms with E-state index in [0.29, 0.717) is 24.3 Å². The Kier molecular flexibility index (Phi) is 4.92. The number of hydrogen-bond acceptors (Lipinski definition) is 4. The highest BCUT2D eigenvalue weighted by molar-refractivity contribution is 7.15. The third-order valence-corrected chi connectivity index (χ3v) is 4.43. The molecule has 1 aromatic rings. The van der Waals surface area contributed by atoms with Crippen molar-refractivity contribution in [1.82, 2.24) is 0 Å². The molecule has 22 heavy (non-hydrogen) atoms. The highest BCUT2D eigenvalue weighted by Gasteiger charge is 2.22. The lowest BCUT2D eigenvalue weighted by molar-refractivity contribution is -0.120. The van der Waals surface area contributed by atoms with Crippen LogP contribution in [0.1, 0.15) is 61.0 Å². The Balaban J connectivity index is 2.18. The lowest BCUT2D eigenvalue weighted by atomic mass is 9.94. The van der Waals surface area contributed by atoms with Crippen molar-refractivity contribution >= 4 is 28.8 Å². The summed E-state index contributed by atoms with van der Waals surface area (Å²) in [4.78, 5) is 23.7. The largest absolute Gasteiger partial charge is 0.477 e. The van der Waals surface area contributed by atoms with E-state index in [0.717, 1.165) is 17.7 Å². The van der Waals surface area contributed by atoms with E-state index in [1.165, 1.54) is 11.3 Å². The quantitative estimate of drug-likeness (QED) is 0.832. The summed E-state index contributed by atoms with van der Waals surface area (Å²) in [5.74, 6) is 5.53. The topological polar surface area (TPSA) is 66.4 Å². The molecule has 1 saturated carbocycles. The van der Waals surface area contributed by atoms with Crippen LogP contribution in [0.3, 0.4) is 0 Å². The number of nitrogens with one attached hydrogen (secondary N) is 1. The predicted octanol–water partition coefficient (Wildman–Crippen LogP) is 3.77. The van der Waals surface area contributed by atoms with E-state index in [1.807, 2.05) is 26.8 Å². The number of carboxylic acid groups (broad SMARTS) is 1. The molecule has 2 N–H and O–H groups in total. The first kappa shape index (κ1) is 16.6. The van der Waals surface area contributed by atoms with Gasteiger partial charge in [-0.1, -0.05) is 11.8 Å². The zero-order chi connectivity index (χ0) is 16.3. The van der Waals surface area contributed by atoms with Gasteiger partial charge in [0.1, 0.15) is 10.7 Å². The zero-order valence-corrected chi connectivity index (χ0v) is 14.0. The molecule has 0 aromatic carbocycles. The molecule has 0 bridgehead atoms. The zero-order valence-electron chi connectivity index (χ0n) is 13.2.